The zero-order valence-electron chi connectivity index (χ0n) is 8.27. The van der Waals surface area contributed by atoms with E-state index >= 15 is 0 Å². The lowest BCUT2D eigenvalue weighted by molar-refractivity contribution is 0.107. The molecule has 1 aromatic heterocycles. The second-order valence-corrected chi connectivity index (χ2v) is 4.69. The molecule has 2 N–H and O–H groups in total. The molecule has 1 atom stereocenters. The first-order chi connectivity index (χ1) is 6.78. The number of nitrogen functional groups attached to an aromatic ring is 1. The quantitative estimate of drug-likeness (QED) is 0.812. The second kappa shape index (κ2) is 4.25. The van der Waals surface area contributed by atoms with E-state index in [1.807, 2.05) is 6.20 Å². The third-order valence-corrected chi connectivity index (χ3v) is 3.32. The summed E-state index contributed by atoms with van der Waals surface area (Å²) >= 11 is 1.57. The molecule has 1 aliphatic rings. The van der Waals surface area contributed by atoms with Crippen molar-refractivity contribution in [1.82, 2.24) is 9.88 Å². The van der Waals surface area contributed by atoms with Gasteiger partial charge in [-0.15, -0.1) is 11.3 Å². The number of thiazole rings is 1. The van der Waals surface area contributed by atoms with Crippen LogP contribution in [-0.2, 0) is 11.3 Å². The van der Waals surface area contributed by atoms with E-state index in [4.69, 9.17) is 10.5 Å². The topological polar surface area (TPSA) is 51.4 Å². The zero-order valence-corrected chi connectivity index (χ0v) is 9.09. The van der Waals surface area contributed by atoms with Gasteiger partial charge in [0.25, 0.3) is 0 Å². The van der Waals surface area contributed by atoms with Crippen LogP contribution >= 0.6 is 11.3 Å². The number of likely N-dealkylation sites (tertiary alicyclic amines) is 1. The Kier molecular flexibility index (Phi) is 3.00. The van der Waals surface area contributed by atoms with Gasteiger partial charge < -0.3 is 10.5 Å². The van der Waals surface area contributed by atoms with E-state index in [2.05, 4.69) is 9.88 Å². The minimum absolute atomic E-state index is 0.403. The van der Waals surface area contributed by atoms with Crippen molar-refractivity contribution in [3.05, 3.63) is 11.1 Å². The van der Waals surface area contributed by atoms with E-state index in [9.17, 15) is 0 Å². The number of nitrogens with two attached hydrogens (primary N) is 1. The Labute approximate surface area is 87.7 Å². The molecule has 1 fully saturated rings. The molecule has 0 aromatic carbocycles. The monoisotopic (exact) mass is 213 g/mol. The van der Waals surface area contributed by atoms with E-state index in [1.54, 1.807) is 18.4 Å². The second-order valence-electron chi connectivity index (χ2n) is 3.55. The highest BCUT2D eigenvalue weighted by Gasteiger charge is 2.22. The highest BCUT2D eigenvalue weighted by Crippen LogP contribution is 2.20. The number of methoxy groups -OCH3 is 1. The van der Waals surface area contributed by atoms with Crippen LogP contribution in [0, 0.1) is 0 Å². The molecule has 0 spiro atoms. The van der Waals surface area contributed by atoms with Gasteiger partial charge in [0.05, 0.1) is 6.10 Å². The molecule has 1 aromatic rings. The van der Waals surface area contributed by atoms with Gasteiger partial charge in [-0.25, -0.2) is 4.98 Å². The zero-order chi connectivity index (χ0) is 9.97. The number of anilines is 1. The Bertz CT molecular complexity index is 302. The summed E-state index contributed by atoms with van der Waals surface area (Å²) in [5, 5.41) is 0.655. The first kappa shape index (κ1) is 9.89. The van der Waals surface area contributed by atoms with Crippen LogP contribution in [-0.4, -0.2) is 36.2 Å². The lowest BCUT2D eigenvalue weighted by Gasteiger charge is -2.13. The van der Waals surface area contributed by atoms with Crippen molar-refractivity contribution in [3.63, 3.8) is 0 Å². The normalized spacial score (nSPS) is 23.1. The fourth-order valence-corrected chi connectivity index (χ4v) is 2.48. The molecule has 1 saturated heterocycles. The molecule has 1 unspecified atom stereocenters. The maximum absolute atomic E-state index is 5.57. The predicted octanol–water partition coefficient (Wildman–Crippen LogP) is 0.946. The molecule has 0 aliphatic carbocycles. The van der Waals surface area contributed by atoms with Crippen LogP contribution < -0.4 is 5.73 Å². The molecular formula is C9H15N3OS. The molecule has 0 saturated carbocycles. The molecule has 5 heteroatoms. The minimum Gasteiger partial charge on any atom is -0.380 e. The van der Waals surface area contributed by atoms with Crippen LogP contribution in [0.1, 0.15) is 11.3 Å². The summed E-state index contributed by atoms with van der Waals surface area (Å²) in [5.74, 6) is 0. The SMILES string of the molecule is COC1CCN(Cc2cnc(N)s2)C1. The van der Waals surface area contributed by atoms with Crippen LogP contribution in [0.3, 0.4) is 0 Å². The first-order valence-electron chi connectivity index (χ1n) is 4.73. The molecule has 1 aliphatic heterocycles. The van der Waals surface area contributed by atoms with Gasteiger partial charge in [-0.2, -0.15) is 0 Å². The fraction of sp³-hybridized carbons (Fsp3) is 0.667. The Hall–Kier alpha value is -0.650. The van der Waals surface area contributed by atoms with Crippen molar-refractivity contribution in [2.75, 3.05) is 25.9 Å². The van der Waals surface area contributed by atoms with Crippen LogP contribution in [0.15, 0.2) is 6.20 Å². The maximum atomic E-state index is 5.57. The van der Waals surface area contributed by atoms with E-state index in [0.29, 0.717) is 11.2 Å². The summed E-state index contributed by atoms with van der Waals surface area (Å²) in [5.41, 5.74) is 5.57. The molecule has 78 valence electrons. The average molecular weight is 213 g/mol. The third-order valence-electron chi connectivity index (χ3n) is 2.51. The molecule has 14 heavy (non-hydrogen) atoms. The Morgan fingerprint density at radius 1 is 1.79 bits per heavy atom. The Morgan fingerprint density at radius 2 is 2.64 bits per heavy atom. The molecular weight excluding hydrogens is 198 g/mol. The van der Waals surface area contributed by atoms with Gasteiger partial charge >= 0.3 is 0 Å². The maximum Gasteiger partial charge on any atom is 0.180 e. The summed E-state index contributed by atoms with van der Waals surface area (Å²) in [6.45, 7) is 3.08. The van der Waals surface area contributed by atoms with Crippen molar-refractivity contribution in [2.24, 2.45) is 0 Å². The fourth-order valence-electron chi connectivity index (χ4n) is 1.75. The number of hydrogen-bond donors (Lipinski definition) is 1. The largest absolute Gasteiger partial charge is 0.380 e. The lowest BCUT2D eigenvalue weighted by atomic mass is 10.3. The number of ether oxygens (including phenoxy) is 1. The van der Waals surface area contributed by atoms with Crippen molar-refractivity contribution in [3.8, 4) is 0 Å². The van der Waals surface area contributed by atoms with Crippen molar-refractivity contribution in [1.29, 1.82) is 0 Å². The predicted molar refractivity (Wildman–Crippen MR) is 57.2 cm³/mol. The summed E-state index contributed by atoms with van der Waals surface area (Å²) in [6, 6.07) is 0. The number of hydrogen-bond acceptors (Lipinski definition) is 5. The number of nitrogens with zero attached hydrogens (tertiary/aromatic N) is 2. The highest BCUT2D eigenvalue weighted by atomic mass is 32.1. The van der Waals surface area contributed by atoms with E-state index in [-0.39, 0.29) is 0 Å². The minimum atomic E-state index is 0.403. The third kappa shape index (κ3) is 2.23. The van der Waals surface area contributed by atoms with Crippen molar-refractivity contribution >= 4 is 16.5 Å². The lowest BCUT2D eigenvalue weighted by Crippen LogP contribution is -2.21. The van der Waals surface area contributed by atoms with Gasteiger partial charge in [-0.1, -0.05) is 0 Å². The van der Waals surface area contributed by atoms with Crippen LogP contribution in [0.4, 0.5) is 5.13 Å². The van der Waals surface area contributed by atoms with Gasteiger partial charge in [0.1, 0.15) is 0 Å². The average Bonchev–Trinajstić information content (AvgIpc) is 2.76. The smallest absolute Gasteiger partial charge is 0.180 e. The van der Waals surface area contributed by atoms with Crippen LogP contribution in [0.2, 0.25) is 0 Å². The summed E-state index contributed by atoms with van der Waals surface area (Å²) in [4.78, 5) is 7.65. The number of aromatic nitrogens is 1. The standard InChI is InChI=1S/C9H15N3OS/c1-13-7-2-3-12(5-7)6-8-4-11-9(10)14-8/h4,7H,2-3,5-6H2,1H3,(H2,10,11). The van der Waals surface area contributed by atoms with E-state index in [0.717, 1.165) is 26.1 Å². The van der Waals surface area contributed by atoms with Gasteiger partial charge in [-0.3, -0.25) is 4.90 Å². The summed E-state index contributed by atoms with van der Waals surface area (Å²) in [6.07, 6.45) is 3.39. The molecule has 0 amide bonds. The van der Waals surface area contributed by atoms with Gasteiger partial charge in [0.15, 0.2) is 5.13 Å². The molecule has 2 rings (SSSR count). The Morgan fingerprint density at radius 3 is 3.21 bits per heavy atom. The van der Waals surface area contributed by atoms with Crippen molar-refractivity contribution < 1.29 is 4.74 Å². The summed E-state index contributed by atoms with van der Waals surface area (Å²) in [7, 11) is 1.78. The van der Waals surface area contributed by atoms with E-state index < -0.39 is 0 Å². The molecule has 0 bridgehead atoms. The number of rotatable bonds is 3. The molecule has 4 nitrogen and oxygen atoms in total. The van der Waals surface area contributed by atoms with Crippen LogP contribution in [0.5, 0.6) is 0 Å². The summed E-state index contributed by atoms with van der Waals surface area (Å²) < 4.78 is 5.31. The Balaban J connectivity index is 1.87. The first-order valence-corrected chi connectivity index (χ1v) is 5.55. The molecule has 0 radical (unpaired) electrons. The van der Waals surface area contributed by atoms with Crippen LogP contribution in [0.25, 0.3) is 0 Å². The molecule has 2 heterocycles. The van der Waals surface area contributed by atoms with Gasteiger partial charge in [-0.05, 0) is 6.42 Å². The highest BCUT2D eigenvalue weighted by molar-refractivity contribution is 7.15. The van der Waals surface area contributed by atoms with Gasteiger partial charge in [0.2, 0.25) is 0 Å². The van der Waals surface area contributed by atoms with Crippen molar-refractivity contribution in [2.45, 2.75) is 19.1 Å². The van der Waals surface area contributed by atoms with Gasteiger partial charge in [0, 0.05) is 37.8 Å². The van der Waals surface area contributed by atoms with E-state index in [1.165, 1.54) is 4.88 Å².